The Balaban J connectivity index is 1.81. The third kappa shape index (κ3) is 7.63. The van der Waals surface area contributed by atoms with Crippen molar-refractivity contribution in [3.05, 3.63) is 53.6 Å². The second-order valence-electron chi connectivity index (χ2n) is 8.81. The number of hydroxylamine groups is 2. The second-order valence-corrected chi connectivity index (χ2v) is 10.3. The van der Waals surface area contributed by atoms with E-state index in [1.807, 2.05) is 0 Å². The summed E-state index contributed by atoms with van der Waals surface area (Å²) in [5, 5.41) is 57.0. The predicted octanol–water partition coefficient (Wildman–Crippen LogP) is -1.11. The summed E-state index contributed by atoms with van der Waals surface area (Å²) in [4.78, 5) is 16.9. The van der Waals surface area contributed by atoms with Crippen LogP contribution in [0.4, 0.5) is 0 Å². The number of aliphatic carboxylic acids is 1. The Hall–Kier alpha value is -2.86. The van der Waals surface area contributed by atoms with Gasteiger partial charge in [0, 0.05) is 0 Å². The number of methoxy groups -OCH3 is 1. The van der Waals surface area contributed by atoms with Crippen LogP contribution in [-0.2, 0) is 24.4 Å². The van der Waals surface area contributed by atoms with Crippen LogP contribution in [0.25, 0.3) is 0 Å². The summed E-state index contributed by atoms with van der Waals surface area (Å²) < 4.78 is 40.0. The molecule has 0 radical (unpaired) electrons. The molecular weight excluding hydrogens is 540 g/mol. The number of carboxylic acid groups (broad SMARTS) is 1. The van der Waals surface area contributed by atoms with E-state index in [4.69, 9.17) is 24.2 Å². The van der Waals surface area contributed by atoms with Crippen LogP contribution in [0, 0.1) is 6.92 Å². The minimum Gasteiger partial charge on any atom is -0.493 e. The van der Waals surface area contributed by atoms with E-state index in [0.717, 1.165) is 5.06 Å². The van der Waals surface area contributed by atoms with Gasteiger partial charge in [-0.05, 0) is 36.2 Å². The number of carboxylic acids is 1. The van der Waals surface area contributed by atoms with E-state index in [2.05, 4.69) is 0 Å². The number of carbonyl (C=O) groups is 1. The van der Waals surface area contributed by atoms with Crippen molar-refractivity contribution in [2.24, 2.45) is 5.14 Å². The Morgan fingerprint density at radius 2 is 1.77 bits per heavy atom. The molecule has 7 N–H and O–H groups in total. The summed E-state index contributed by atoms with van der Waals surface area (Å²) in [5.74, 6) is -0.744. The van der Waals surface area contributed by atoms with Crippen LogP contribution in [0.2, 0.25) is 0 Å². The Bertz CT molecular complexity index is 1240. The van der Waals surface area contributed by atoms with E-state index in [-0.39, 0.29) is 30.2 Å². The first-order valence-electron chi connectivity index (χ1n) is 11.7. The molecule has 39 heavy (non-hydrogen) atoms. The number of primary sulfonamides is 1. The normalized spacial score (nSPS) is 24.4. The van der Waals surface area contributed by atoms with E-state index in [1.54, 1.807) is 31.2 Å². The van der Waals surface area contributed by atoms with Crippen molar-refractivity contribution >= 4 is 16.0 Å². The molecule has 0 aromatic heterocycles. The quantitative estimate of drug-likeness (QED) is 0.166. The van der Waals surface area contributed by atoms with Gasteiger partial charge >= 0.3 is 5.97 Å². The Labute approximate surface area is 224 Å². The SMILES string of the molecule is COc1ccccc1OCCN(CC(O)c1ccc(C)c(S(N)(=O)=O)c1)O[C@@H]1O[C@H](C(=O)O)[C@@H](O)[C@H](O)[C@H]1O. The number of aliphatic hydroxyl groups is 4. The number of aryl methyl sites for hydroxylation is 1. The molecule has 2 aromatic carbocycles. The molecule has 3 rings (SSSR count). The minimum absolute atomic E-state index is 0.0558. The fourth-order valence-electron chi connectivity index (χ4n) is 3.90. The van der Waals surface area contributed by atoms with E-state index in [1.165, 1.54) is 25.3 Å². The van der Waals surface area contributed by atoms with Crippen molar-refractivity contribution in [3.63, 3.8) is 0 Å². The molecule has 0 amide bonds. The molecular formula is C24H32N2O12S. The topological polar surface area (TPSA) is 219 Å². The van der Waals surface area contributed by atoms with Crippen LogP contribution in [0.1, 0.15) is 17.2 Å². The van der Waals surface area contributed by atoms with Gasteiger partial charge in [0.05, 0.1) is 31.2 Å². The van der Waals surface area contributed by atoms with Crippen molar-refractivity contribution in [1.82, 2.24) is 5.06 Å². The zero-order chi connectivity index (χ0) is 28.9. The average Bonchev–Trinajstić information content (AvgIpc) is 2.88. The maximum Gasteiger partial charge on any atom is 0.335 e. The molecule has 216 valence electrons. The monoisotopic (exact) mass is 572 g/mol. The van der Waals surface area contributed by atoms with Crippen molar-refractivity contribution in [1.29, 1.82) is 0 Å². The van der Waals surface area contributed by atoms with Crippen molar-refractivity contribution in [3.8, 4) is 11.5 Å². The maximum absolute atomic E-state index is 11.9. The number of ether oxygens (including phenoxy) is 3. The maximum atomic E-state index is 11.9. The number of aliphatic hydroxyl groups excluding tert-OH is 4. The summed E-state index contributed by atoms with van der Waals surface area (Å²) >= 11 is 0. The average molecular weight is 573 g/mol. The number of hydrogen-bond acceptors (Lipinski definition) is 12. The van der Waals surface area contributed by atoms with Gasteiger partial charge in [-0.15, -0.1) is 0 Å². The number of hydrogen-bond donors (Lipinski definition) is 6. The molecule has 1 aliphatic rings. The molecule has 1 fully saturated rings. The van der Waals surface area contributed by atoms with Crippen molar-refractivity contribution in [2.45, 2.75) is 48.6 Å². The highest BCUT2D eigenvalue weighted by molar-refractivity contribution is 7.89. The van der Waals surface area contributed by atoms with Crippen LogP contribution in [0.3, 0.4) is 0 Å². The summed E-state index contributed by atoms with van der Waals surface area (Å²) in [5.41, 5.74) is 0.547. The second kappa shape index (κ2) is 13.0. The minimum atomic E-state index is -4.07. The van der Waals surface area contributed by atoms with Gasteiger partial charge in [0.15, 0.2) is 17.6 Å². The molecule has 6 atom stereocenters. The number of sulfonamides is 1. The molecule has 1 saturated heterocycles. The van der Waals surface area contributed by atoms with Crippen LogP contribution < -0.4 is 14.6 Å². The largest absolute Gasteiger partial charge is 0.493 e. The van der Waals surface area contributed by atoms with Gasteiger partial charge in [-0.2, -0.15) is 5.06 Å². The van der Waals surface area contributed by atoms with Gasteiger partial charge in [0.2, 0.25) is 16.3 Å². The Morgan fingerprint density at radius 1 is 1.10 bits per heavy atom. The fraction of sp³-hybridized carbons (Fsp3) is 0.458. The van der Waals surface area contributed by atoms with Crippen LogP contribution in [0.15, 0.2) is 47.4 Å². The Kier molecular flexibility index (Phi) is 10.2. The van der Waals surface area contributed by atoms with Crippen LogP contribution >= 0.6 is 0 Å². The van der Waals surface area contributed by atoms with Gasteiger partial charge in [-0.25, -0.2) is 18.4 Å². The van der Waals surface area contributed by atoms with E-state index < -0.39 is 52.8 Å². The molecule has 0 spiro atoms. The number of nitrogens with two attached hydrogens (primary N) is 1. The number of rotatable bonds is 12. The van der Waals surface area contributed by atoms with Gasteiger partial charge in [0.1, 0.15) is 24.9 Å². The zero-order valence-electron chi connectivity index (χ0n) is 21.2. The molecule has 14 nitrogen and oxygen atoms in total. The number of nitrogens with zero attached hydrogens (tertiary/aromatic N) is 1. The molecule has 1 unspecified atom stereocenters. The predicted molar refractivity (Wildman–Crippen MR) is 133 cm³/mol. The van der Waals surface area contributed by atoms with Gasteiger partial charge in [-0.3, -0.25) is 4.84 Å². The molecule has 0 bridgehead atoms. The third-order valence-electron chi connectivity index (χ3n) is 6.01. The number of para-hydroxylation sites is 2. The first-order chi connectivity index (χ1) is 18.3. The van der Waals surface area contributed by atoms with E-state index in [0.29, 0.717) is 17.1 Å². The first-order valence-corrected chi connectivity index (χ1v) is 13.3. The van der Waals surface area contributed by atoms with Crippen molar-refractivity contribution in [2.75, 3.05) is 26.8 Å². The van der Waals surface area contributed by atoms with Crippen molar-refractivity contribution < 1.29 is 57.8 Å². The lowest BCUT2D eigenvalue weighted by atomic mass is 9.99. The van der Waals surface area contributed by atoms with E-state index in [9.17, 15) is 38.7 Å². The highest BCUT2D eigenvalue weighted by Crippen LogP contribution is 2.27. The molecule has 0 aliphatic carbocycles. The molecule has 0 saturated carbocycles. The summed E-state index contributed by atoms with van der Waals surface area (Å²) in [6.07, 6.45) is -10.7. The lowest BCUT2D eigenvalue weighted by molar-refractivity contribution is -0.359. The summed E-state index contributed by atoms with van der Waals surface area (Å²) in [6.45, 7) is 1.05. The highest BCUT2D eigenvalue weighted by Gasteiger charge is 2.48. The number of benzene rings is 2. The first kappa shape index (κ1) is 30.7. The molecule has 1 heterocycles. The Morgan fingerprint density at radius 3 is 2.38 bits per heavy atom. The summed E-state index contributed by atoms with van der Waals surface area (Å²) in [6, 6.07) is 11.0. The highest BCUT2D eigenvalue weighted by atomic mass is 32.2. The lowest BCUT2D eigenvalue weighted by Gasteiger charge is -2.40. The van der Waals surface area contributed by atoms with Gasteiger partial charge < -0.3 is 39.7 Å². The fourth-order valence-corrected chi connectivity index (χ4v) is 4.71. The van der Waals surface area contributed by atoms with Crippen LogP contribution in [-0.4, -0.2) is 102 Å². The van der Waals surface area contributed by atoms with E-state index >= 15 is 0 Å². The van der Waals surface area contributed by atoms with Gasteiger partial charge in [-0.1, -0.05) is 24.3 Å². The third-order valence-corrected chi connectivity index (χ3v) is 7.07. The molecule has 15 heteroatoms. The molecule has 1 aliphatic heterocycles. The zero-order valence-corrected chi connectivity index (χ0v) is 22.0. The van der Waals surface area contributed by atoms with Gasteiger partial charge in [0.25, 0.3) is 0 Å². The molecule has 2 aromatic rings. The standard InChI is InChI=1S/C24H32N2O12S/c1-13-7-8-14(11-18(13)39(25,33)34)15(27)12-26(9-10-36-17-6-4-3-5-16(17)35-2)38-24-21(30)19(28)20(29)22(37-24)23(31)32/h3-8,11,15,19-22,24,27-30H,9-10,12H2,1-2H3,(H,31,32)(H2,25,33,34)/t15?,19-,20-,21+,22-,24-/m0/s1. The summed E-state index contributed by atoms with van der Waals surface area (Å²) in [7, 11) is -2.61. The smallest absolute Gasteiger partial charge is 0.335 e. The van der Waals surface area contributed by atoms with Crippen LogP contribution in [0.5, 0.6) is 11.5 Å². The lowest BCUT2D eigenvalue weighted by Crippen LogP contribution is -2.61.